The maximum absolute atomic E-state index is 12.9. The Morgan fingerprint density at radius 2 is 1.90 bits per heavy atom. The van der Waals surface area contributed by atoms with E-state index < -0.39 is 34.7 Å². The Bertz CT molecular complexity index is 582. The van der Waals surface area contributed by atoms with Gasteiger partial charge in [-0.05, 0) is 31.0 Å². The van der Waals surface area contributed by atoms with Crippen molar-refractivity contribution in [3.05, 3.63) is 33.8 Å². The van der Waals surface area contributed by atoms with E-state index in [0.29, 0.717) is 0 Å². The standard InChI is InChI=1S/C12H9BrF3NO3/c13-6-1-2-7(8(5-6)12(14,15)16)9(18)17-11(3-4-11)10(19)20/h1-2,5H,3-4H2,(H,17,18)(H,19,20). The molecule has 108 valence electrons. The Morgan fingerprint density at radius 3 is 2.35 bits per heavy atom. The molecule has 4 nitrogen and oxygen atoms in total. The zero-order chi connectivity index (χ0) is 15.1. The lowest BCUT2D eigenvalue weighted by molar-refractivity contribution is -0.140. The zero-order valence-electron chi connectivity index (χ0n) is 9.92. The first-order valence-corrected chi connectivity index (χ1v) is 6.38. The maximum atomic E-state index is 12.9. The predicted molar refractivity (Wildman–Crippen MR) is 66.2 cm³/mol. The number of hydrogen-bond acceptors (Lipinski definition) is 2. The van der Waals surface area contributed by atoms with Crippen LogP contribution in [0.4, 0.5) is 13.2 Å². The molecule has 0 bridgehead atoms. The molecular formula is C12H9BrF3NO3. The van der Waals surface area contributed by atoms with E-state index in [2.05, 4.69) is 21.2 Å². The summed E-state index contributed by atoms with van der Waals surface area (Å²) in [7, 11) is 0. The van der Waals surface area contributed by atoms with E-state index in [-0.39, 0.29) is 17.3 Å². The minimum Gasteiger partial charge on any atom is -0.480 e. The molecule has 0 spiro atoms. The topological polar surface area (TPSA) is 66.4 Å². The quantitative estimate of drug-likeness (QED) is 0.879. The molecular weight excluding hydrogens is 343 g/mol. The third-order valence-electron chi connectivity index (χ3n) is 3.04. The first-order valence-electron chi connectivity index (χ1n) is 5.58. The fourth-order valence-corrected chi connectivity index (χ4v) is 2.11. The highest BCUT2D eigenvalue weighted by atomic mass is 79.9. The van der Waals surface area contributed by atoms with Crippen molar-refractivity contribution in [3.63, 3.8) is 0 Å². The number of amides is 1. The number of alkyl halides is 3. The first-order chi connectivity index (χ1) is 9.16. The van der Waals surface area contributed by atoms with Gasteiger partial charge in [-0.2, -0.15) is 13.2 Å². The van der Waals surface area contributed by atoms with Crippen LogP contribution in [-0.4, -0.2) is 22.5 Å². The number of carbonyl (C=O) groups is 2. The second-order valence-corrected chi connectivity index (χ2v) is 5.44. The van der Waals surface area contributed by atoms with Crippen LogP contribution in [0.3, 0.4) is 0 Å². The molecule has 0 aromatic heterocycles. The Hall–Kier alpha value is -1.57. The summed E-state index contributed by atoms with van der Waals surface area (Å²) in [6.07, 6.45) is -4.27. The third kappa shape index (κ3) is 2.79. The molecule has 1 fully saturated rings. The summed E-state index contributed by atoms with van der Waals surface area (Å²) < 4.78 is 38.8. The Balaban J connectivity index is 2.33. The van der Waals surface area contributed by atoms with Gasteiger partial charge < -0.3 is 10.4 Å². The number of rotatable bonds is 3. The Labute approximate surface area is 120 Å². The fourth-order valence-electron chi connectivity index (χ4n) is 1.75. The molecule has 0 saturated heterocycles. The van der Waals surface area contributed by atoms with Gasteiger partial charge in [-0.25, -0.2) is 4.79 Å². The number of carboxylic acids is 1. The van der Waals surface area contributed by atoms with Gasteiger partial charge in [0, 0.05) is 4.47 Å². The van der Waals surface area contributed by atoms with Crippen LogP contribution in [0.25, 0.3) is 0 Å². The van der Waals surface area contributed by atoms with Gasteiger partial charge in [0.05, 0.1) is 11.1 Å². The molecule has 20 heavy (non-hydrogen) atoms. The SMILES string of the molecule is O=C(NC1(C(=O)O)CC1)c1ccc(Br)cc1C(F)(F)F. The van der Waals surface area contributed by atoms with Gasteiger partial charge in [0.1, 0.15) is 5.54 Å². The van der Waals surface area contributed by atoms with Crippen molar-refractivity contribution in [3.8, 4) is 0 Å². The molecule has 8 heteroatoms. The number of carboxylic acid groups (broad SMARTS) is 1. The van der Waals surface area contributed by atoms with Gasteiger partial charge in [0.2, 0.25) is 0 Å². The van der Waals surface area contributed by atoms with Gasteiger partial charge in [-0.15, -0.1) is 0 Å². The van der Waals surface area contributed by atoms with E-state index in [1.54, 1.807) is 0 Å². The predicted octanol–water partition coefficient (Wildman–Crippen LogP) is 2.81. The number of carbonyl (C=O) groups excluding carboxylic acids is 1. The van der Waals surface area contributed by atoms with Gasteiger partial charge in [-0.1, -0.05) is 15.9 Å². The molecule has 2 N–H and O–H groups in total. The number of benzene rings is 1. The summed E-state index contributed by atoms with van der Waals surface area (Å²) in [6.45, 7) is 0. The summed E-state index contributed by atoms with van der Waals surface area (Å²) in [4.78, 5) is 22.8. The summed E-state index contributed by atoms with van der Waals surface area (Å²) in [5.41, 5.74) is -3.12. The largest absolute Gasteiger partial charge is 0.480 e. The molecule has 1 amide bonds. The van der Waals surface area contributed by atoms with Crippen molar-refractivity contribution in [2.24, 2.45) is 0 Å². The molecule has 1 aromatic rings. The van der Waals surface area contributed by atoms with Crippen molar-refractivity contribution in [1.82, 2.24) is 5.32 Å². The van der Waals surface area contributed by atoms with E-state index in [1.807, 2.05) is 0 Å². The second-order valence-electron chi connectivity index (χ2n) is 4.53. The fraction of sp³-hybridized carbons (Fsp3) is 0.333. The van der Waals surface area contributed by atoms with Crippen molar-refractivity contribution >= 4 is 27.8 Å². The summed E-state index contributed by atoms with van der Waals surface area (Å²) in [5, 5.41) is 11.1. The molecule has 0 radical (unpaired) electrons. The van der Waals surface area contributed by atoms with Crippen molar-refractivity contribution < 1.29 is 27.9 Å². The highest BCUT2D eigenvalue weighted by Crippen LogP contribution is 2.37. The number of aliphatic carboxylic acids is 1. The Morgan fingerprint density at radius 1 is 1.30 bits per heavy atom. The molecule has 2 rings (SSSR count). The lowest BCUT2D eigenvalue weighted by Crippen LogP contribution is -2.43. The normalized spacial score (nSPS) is 16.6. The van der Waals surface area contributed by atoms with Gasteiger partial charge >= 0.3 is 12.1 Å². The summed E-state index contributed by atoms with van der Waals surface area (Å²) in [5.74, 6) is -2.28. The van der Waals surface area contributed by atoms with E-state index in [9.17, 15) is 22.8 Å². The van der Waals surface area contributed by atoms with Crippen LogP contribution >= 0.6 is 15.9 Å². The molecule has 0 atom stereocenters. The van der Waals surface area contributed by atoms with Crippen LogP contribution in [0.1, 0.15) is 28.8 Å². The van der Waals surface area contributed by atoms with E-state index in [1.165, 1.54) is 6.07 Å². The van der Waals surface area contributed by atoms with Crippen LogP contribution in [0.15, 0.2) is 22.7 Å². The lowest BCUT2D eigenvalue weighted by atomic mass is 10.1. The van der Waals surface area contributed by atoms with Crippen LogP contribution in [0, 0.1) is 0 Å². The van der Waals surface area contributed by atoms with Crippen LogP contribution in [0.2, 0.25) is 0 Å². The molecule has 1 aromatic carbocycles. The van der Waals surface area contributed by atoms with Crippen LogP contribution < -0.4 is 5.32 Å². The molecule has 0 unspecified atom stereocenters. The highest BCUT2D eigenvalue weighted by Gasteiger charge is 2.52. The van der Waals surface area contributed by atoms with E-state index >= 15 is 0 Å². The molecule has 0 aliphatic heterocycles. The number of hydrogen-bond donors (Lipinski definition) is 2. The van der Waals surface area contributed by atoms with Crippen LogP contribution in [-0.2, 0) is 11.0 Å². The van der Waals surface area contributed by atoms with Gasteiger partial charge in [0.15, 0.2) is 0 Å². The lowest BCUT2D eigenvalue weighted by Gasteiger charge is -2.16. The average Bonchev–Trinajstić information content (AvgIpc) is 3.08. The smallest absolute Gasteiger partial charge is 0.417 e. The van der Waals surface area contributed by atoms with Gasteiger partial charge in [0.25, 0.3) is 5.91 Å². The van der Waals surface area contributed by atoms with Crippen molar-refractivity contribution in [2.75, 3.05) is 0 Å². The Kier molecular flexibility index (Phi) is 3.53. The average molecular weight is 352 g/mol. The highest BCUT2D eigenvalue weighted by molar-refractivity contribution is 9.10. The van der Waals surface area contributed by atoms with Crippen molar-refractivity contribution in [2.45, 2.75) is 24.6 Å². The summed E-state index contributed by atoms with van der Waals surface area (Å²) in [6, 6.07) is 3.10. The number of nitrogens with one attached hydrogen (secondary N) is 1. The molecule has 1 aliphatic carbocycles. The monoisotopic (exact) mass is 351 g/mol. The van der Waals surface area contributed by atoms with E-state index in [0.717, 1.165) is 12.1 Å². The maximum Gasteiger partial charge on any atom is 0.417 e. The van der Waals surface area contributed by atoms with Gasteiger partial charge in [-0.3, -0.25) is 4.79 Å². The third-order valence-corrected chi connectivity index (χ3v) is 3.54. The minimum atomic E-state index is -4.70. The molecule has 1 aliphatic rings. The number of halogens is 4. The van der Waals surface area contributed by atoms with Crippen LogP contribution in [0.5, 0.6) is 0 Å². The summed E-state index contributed by atoms with van der Waals surface area (Å²) >= 11 is 2.91. The van der Waals surface area contributed by atoms with E-state index in [4.69, 9.17) is 5.11 Å². The van der Waals surface area contributed by atoms with Crippen molar-refractivity contribution in [1.29, 1.82) is 0 Å². The zero-order valence-corrected chi connectivity index (χ0v) is 11.5. The molecule has 1 saturated carbocycles. The first kappa shape index (κ1) is 14.8. The minimum absolute atomic E-state index is 0.181. The molecule has 0 heterocycles. The second kappa shape index (κ2) is 4.76.